The van der Waals surface area contributed by atoms with E-state index in [1.54, 1.807) is 12.1 Å². The zero-order chi connectivity index (χ0) is 14.8. The van der Waals surface area contributed by atoms with Crippen molar-refractivity contribution >= 4 is 21.4 Å². The van der Waals surface area contributed by atoms with E-state index in [9.17, 15) is 13.5 Å². The van der Waals surface area contributed by atoms with Gasteiger partial charge in [0.1, 0.15) is 4.90 Å². The smallest absolute Gasteiger partial charge is 0.240 e. The third-order valence-electron chi connectivity index (χ3n) is 3.77. The van der Waals surface area contributed by atoms with Gasteiger partial charge in [0.05, 0.1) is 18.0 Å². The minimum atomic E-state index is -3.84. The average Bonchev–Trinajstić information content (AvgIpc) is 2.89. The maximum atomic E-state index is 11.5. The average molecular weight is 299 g/mol. The Balaban J connectivity index is 2.43. The van der Waals surface area contributed by atoms with E-state index < -0.39 is 10.0 Å². The van der Waals surface area contributed by atoms with Crippen molar-refractivity contribution in [3.8, 4) is 0 Å². The summed E-state index contributed by atoms with van der Waals surface area (Å²) in [6.45, 7) is 0.429. The van der Waals surface area contributed by atoms with Gasteiger partial charge in [0.15, 0.2) is 0 Å². The van der Waals surface area contributed by atoms with Crippen LogP contribution in [0.25, 0.3) is 0 Å². The summed E-state index contributed by atoms with van der Waals surface area (Å²) >= 11 is 0. The number of aliphatic hydroxyl groups excluding tert-OH is 1. The van der Waals surface area contributed by atoms with Crippen molar-refractivity contribution in [2.45, 2.75) is 36.6 Å². The van der Waals surface area contributed by atoms with Gasteiger partial charge >= 0.3 is 0 Å². The van der Waals surface area contributed by atoms with Crippen LogP contribution in [-0.2, 0) is 10.0 Å². The van der Waals surface area contributed by atoms with Crippen LogP contribution < -0.4 is 15.8 Å². The van der Waals surface area contributed by atoms with Gasteiger partial charge in [-0.1, -0.05) is 18.9 Å². The third-order valence-corrected chi connectivity index (χ3v) is 4.73. The molecule has 1 aliphatic rings. The maximum absolute atomic E-state index is 11.5. The molecule has 0 atom stereocenters. The van der Waals surface area contributed by atoms with E-state index in [4.69, 9.17) is 10.9 Å². The van der Waals surface area contributed by atoms with Crippen molar-refractivity contribution in [2.24, 2.45) is 5.14 Å². The number of para-hydroxylation sites is 1. The van der Waals surface area contributed by atoms with Crippen LogP contribution in [0.3, 0.4) is 0 Å². The predicted molar refractivity (Wildman–Crippen MR) is 78.9 cm³/mol. The summed E-state index contributed by atoms with van der Waals surface area (Å²) in [6.07, 6.45) is 4.33. The third kappa shape index (κ3) is 3.05. The Kier molecular flexibility index (Phi) is 4.52. The second kappa shape index (κ2) is 5.99. The lowest BCUT2D eigenvalue weighted by atomic mass is 10.1. The first-order valence-corrected chi connectivity index (χ1v) is 8.28. The lowest BCUT2D eigenvalue weighted by molar-refractivity contribution is 0.297. The number of aliphatic hydroxyl groups is 1. The summed E-state index contributed by atoms with van der Waals surface area (Å²) in [5, 5.41) is 14.4. The Bertz CT molecular complexity index is 568. The van der Waals surface area contributed by atoms with Crippen molar-refractivity contribution in [1.29, 1.82) is 0 Å². The van der Waals surface area contributed by atoms with Gasteiger partial charge in [-0.15, -0.1) is 0 Å². The second-order valence-electron chi connectivity index (χ2n) is 5.09. The van der Waals surface area contributed by atoms with Gasteiger partial charge < -0.3 is 15.7 Å². The van der Waals surface area contributed by atoms with Gasteiger partial charge in [-0.3, -0.25) is 0 Å². The van der Waals surface area contributed by atoms with Crippen LogP contribution in [0.1, 0.15) is 25.7 Å². The standard InChI is InChI=1S/C13H21N3O3S/c14-13-11(6-3-7-12(13)20(15,18)19)16(8-9-17)10-4-1-2-5-10/h3,6-7,10,17H,1-2,4-5,8-9,14H2,(H2,15,18,19). The molecule has 0 heterocycles. The highest BCUT2D eigenvalue weighted by atomic mass is 32.2. The van der Waals surface area contributed by atoms with Crippen LogP contribution in [0.15, 0.2) is 23.1 Å². The summed E-state index contributed by atoms with van der Waals surface area (Å²) in [5.74, 6) is 0. The van der Waals surface area contributed by atoms with Gasteiger partial charge in [0, 0.05) is 12.6 Å². The first-order chi connectivity index (χ1) is 9.45. The van der Waals surface area contributed by atoms with Crippen molar-refractivity contribution in [3.05, 3.63) is 18.2 Å². The molecule has 7 heteroatoms. The first-order valence-electron chi connectivity index (χ1n) is 6.74. The van der Waals surface area contributed by atoms with E-state index in [0.29, 0.717) is 18.3 Å². The van der Waals surface area contributed by atoms with Crippen LogP contribution in [0.5, 0.6) is 0 Å². The second-order valence-corrected chi connectivity index (χ2v) is 6.62. The Hall–Kier alpha value is -1.31. The number of benzene rings is 1. The number of anilines is 2. The van der Waals surface area contributed by atoms with Crippen LogP contribution in [0.2, 0.25) is 0 Å². The molecule has 0 bridgehead atoms. The highest BCUT2D eigenvalue weighted by Crippen LogP contribution is 2.34. The molecule has 1 aromatic carbocycles. The SMILES string of the molecule is Nc1c(N(CCO)C2CCCC2)cccc1S(N)(=O)=O. The molecule has 1 aromatic rings. The Morgan fingerprint density at radius 3 is 2.50 bits per heavy atom. The van der Waals surface area contributed by atoms with E-state index in [0.717, 1.165) is 25.7 Å². The molecule has 1 fully saturated rings. The molecule has 0 spiro atoms. The topological polar surface area (TPSA) is 110 Å². The highest BCUT2D eigenvalue weighted by molar-refractivity contribution is 7.89. The molecular formula is C13H21N3O3S. The van der Waals surface area contributed by atoms with E-state index in [1.165, 1.54) is 6.07 Å². The molecule has 6 nitrogen and oxygen atoms in total. The number of nitrogens with two attached hydrogens (primary N) is 2. The van der Waals surface area contributed by atoms with Gasteiger partial charge in [0.25, 0.3) is 0 Å². The van der Waals surface area contributed by atoms with E-state index in [1.807, 2.05) is 4.90 Å². The largest absolute Gasteiger partial charge is 0.396 e. The Labute approximate surface area is 119 Å². The van der Waals surface area contributed by atoms with Gasteiger partial charge in [-0.2, -0.15) is 0 Å². The molecule has 112 valence electrons. The van der Waals surface area contributed by atoms with Crippen molar-refractivity contribution in [2.75, 3.05) is 23.8 Å². The summed E-state index contributed by atoms with van der Waals surface area (Å²) in [5.41, 5.74) is 6.78. The molecule has 0 radical (unpaired) electrons. The lowest BCUT2D eigenvalue weighted by Gasteiger charge is -2.32. The number of hydrogen-bond donors (Lipinski definition) is 3. The molecule has 2 rings (SSSR count). The summed E-state index contributed by atoms with van der Waals surface area (Å²) in [7, 11) is -3.84. The highest BCUT2D eigenvalue weighted by Gasteiger charge is 2.25. The number of sulfonamides is 1. The van der Waals surface area contributed by atoms with Crippen molar-refractivity contribution in [3.63, 3.8) is 0 Å². The van der Waals surface area contributed by atoms with Crippen LogP contribution in [-0.4, -0.2) is 32.7 Å². The fraction of sp³-hybridized carbons (Fsp3) is 0.538. The molecule has 5 N–H and O–H groups in total. The maximum Gasteiger partial charge on any atom is 0.240 e. The summed E-state index contributed by atoms with van der Waals surface area (Å²) in [4.78, 5) is 1.94. The Morgan fingerprint density at radius 1 is 1.30 bits per heavy atom. The number of primary sulfonamides is 1. The minimum Gasteiger partial charge on any atom is -0.396 e. The normalized spacial score (nSPS) is 16.5. The first kappa shape index (κ1) is 15.1. The van der Waals surface area contributed by atoms with E-state index in [2.05, 4.69) is 0 Å². The Morgan fingerprint density at radius 2 is 1.95 bits per heavy atom. The molecule has 0 amide bonds. The molecule has 0 saturated heterocycles. The zero-order valence-corrected chi connectivity index (χ0v) is 12.1. The fourth-order valence-electron chi connectivity index (χ4n) is 2.85. The van der Waals surface area contributed by atoms with E-state index in [-0.39, 0.29) is 17.2 Å². The molecule has 0 aliphatic heterocycles. The zero-order valence-electron chi connectivity index (χ0n) is 11.3. The summed E-state index contributed by atoms with van der Waals surface area (Å²) < 4.78 is 23.1. The number of nitrogen functional groups attached to an aromatic ring is 1. The predicted octanol–water partition coefficient (Wildman–Crippen LogP) is 0.658. The molecule has 1 saturated carbocycles. The lowest BCUT2D eigenvalue weighted by Crippen LogP contribution is -2.36. The van der Waals surface area contributed by atoms with Crippen LogP contribution in [0, 0.1) is 0 Å². The molecular weight excluding hydrogens is 278 g/mol. The number of hydrogen-bond acceptors (Lipinski definition) is 5. The number of nitrogens with zero attached hydrogens (tertiary/aromatic N) is 1. The number of rotatable bonds is 5. The van der Waals surface area contributed by atoms with Crippen molar-refractivity contribution in [1.82, 2.24) is 0 Å². The van der Waals surface area contributed by atoms with Crippen molar-refractivity contribution < 1.29 is 13.5 Å². The van der Waals surface area contributed by atoms with E-state index >= 15 is 0 Å². The molecule has 0 unspecified atom stereocenters. The molecule has 20 heavy (non-hydrogen) atoms. The molecule has 0 aromatic heterocycles. The van der Waals surface area contributed by atoms with Gasteiger partial charge in [-0.25, -0.2) is 13.6 Å². The molecule has 1 aliphatic carbocycles. The monoisotopic (exact) mass is 299 g/mol. The van der Waals surface area contributed by atoms with Gasteiger partial charge in [0.2, 0.25) is 10.0 Å². The van der Waals surface area contributed by atoms with Gasteiger partial charge in [-0.05, 0) is 25.0 Å². The van der Waals surface area contributed by atoms with Crippen LogP contribution >= 0.6 is 0 Å². The fourth-order valence-corrected chi connectivity index (χ4v) is 3.53. The summed E-state index contributed by atoms with van der Waals surface area (Å²) in [6, 6.07) is 5.10. The quantitative estimate of drug-likeness (QED) is 0.692. The minimum absolute atomic E-state index is 0.00442. The van der Waals surface area contributed by atoms with Crippen LogP contribution in [0.4, 0.5) is 11.4 Å².